The van der Waals surface area contributed by atoms with Gasteiger partial charge in [-0.25, -0.2) is 4.79 Å². The Labute approximate surface area is 135 Å². The van der Waals surface area contributed by atoms with Crippen LogP contribution in [-0.2, 0) is 0 Å². The molecule has 1 aromatic carbocycles. The number of benzene rings is 1. The van der Waals surface area contributed by atoms with Gasteiger partial charge in [0.25, 0.3) is 0 Å². The summed E-state index contributed by atoms with van der Waals surface area (Å²) in [6, 6.07) is 11.9. The number of hydrogen-bond donors (Lipinski definition) is 2. The van der Waals surface area contributed by atoms with Gasteiger partial charge < -0.3 is 10.0 Å². The molecular weight excluding hydrogens is 292 g/mol. The maximum atomic E-state index is 12.2. The summed E-state index contributed by atoms with van der Waals surface area (Å²) in [6.07, 6.45) is 2.72. The number of nitrogens with zero attached hydrogens (tertiary/aromatic N) is 3. The van der Waals surface area contributed by atoms with Crippen molar-refractivity contribution in [1.82, 2.24) is 14.7 Å². The molecule has 1 aromatic heterocycles. The number of carbonyl (C=O) groups excluding carboxylic acids is 1. The number of aliphatic hydroxyl groups is 1. The van der Waals surface area contributed by atoms with Crippen molar-refractivity contribution in [2.75, 3.05) is 25.0 Å². The molecule has 0 radical (unpaired) electrons. The minimum Gasteiger partial charge on any atom is -0.396 e. The minimum absolute atomic E-state index is 0.104. The SMILES string of the molecule is CC(c1ccccc1)n1ccc(NC(=O)N2CCC(CO)C2)n1. The van der Waals surface area contributed by atoms with E-state index in [0.29, 0.717) is 18.9 Å². The highest BCUT2D eigenvalue weighted by Gasteiger charge is 2.26. The fourth-order valence-corrected chi connectivity index (χ4v) is 2.86. The van der Waals surface area contributed by atoms with E-state index in [-0.39, 0.29) is 24.6 Å². The summed E-state index contributed by atoms with van der Waals surface area (Å²) < 4.78 is 1.84. The first-order chi connectivity index (χ1) is 11.2. The highest BCUT2D eigenvalue weighted by Crippen LogP contribution is 2.19. The Morgan fingerprint density at radius 3 is 2.87 bits per heavy atom. The summed E-state index contributed by atoms with van der Waals surface area (Å²) in [6.45, 7) is 3.48. The second kappa shape index (κ2) is 6.83. The van der Waals surface area contributed by atoms with Gasteiger partial charge in [0, 0.05) is 37.9 Å². The van der Waals surface area contributed by atoms with Gasteiger partial charge in [-0.05, 0) is 18.9 Å². The van der Waals surface area contributed by atoms with Gasteiger partial charge in [-0.2, -0.15) is 5.10 Å². The standard InChI is InChI=1S/C17H22N4O2/c1-13(15-5-3-2-4-6-15)21-10-8-16(19-21)18-17(23)20-9-7-14(11-20)12-22/h2-6,8,10,13-14,22H,7,9,11-12H2,1H3,(H,18,19,23). The molecule has 1 aliphatic rings. The van der Waals surface area contributed by atoms with Crippen LogP contribution in [0, 0.1) is 5.92 Å². The van der Waals surface area contributed by atoms with Crippen molar-refractivity contribution in [3.8, 4) is 0 Å². The third-order valence-corrected chi connectivity index (χ3v) is 4.35. The van der Waals surface area contributed by atoms with E-state index in [2.05, 4.69) is 29.5 Å². The summed E-state index contributed by atoms with van der Waals surface area (Å²) in [5.41, 5.74) is 1.17. The number of rotatable bonds is 4. The Balaban J connectivity index is 1.62. The molecule has 1 saturated heterocycles. The smallest absolute Gasteiger partial charge is 0.323 e. The first-order valence-electron chi connectivity index (χ1n) is 7.94. The van der Waals surface area contributed by atoms with Crippen molar-refractivity contribution in [3.63, 3.8) is 0 Å². The maximum Gasteiger partial charge on any atom is 0.323 e. The van der Waals surface area contributed by atoms with Gasteiger partial charge in [0.1, 0.15) is 0 Å². The normalized spacial score (nSPS) is 18.9. The first-order valence-corrected chi connectivity index (χ1v) is 7.94. The molecule has 0 spiro atoms. The molecule has 23 heavy (non-hydrogen) atoms. The van der Waals surface area contributed by atoms with Crippen LogP contribution in [0.5, 0.6) is 0 Å². The largest absolute Gasteiger partial charge is 0.396 e. The summed E-state index contributed by atoms with van der Waals surface area (Å²) >= 11 is 0. The lowest BCUT2D eigenvalue weighted by Gasteiger charge is -2.16. The quantitative estimate of drug-likeness (QED) is 0.910. The molecule has 0 aliphatic carbocycles. The number of aromatic nitrogens is 2. The van der Waals surface area contributed by atoms with Gasteiger partial charge in [0.05, 0.1) is 6.04 Å². The molecule has 2 N–H and O–H groups in total. The van der Waals surface area contributed by atoms with Gasteiger partial charge in [-0.15, -0.1) is 0 Å². The van der Waals surface area contributed by atoms with Crippen LogP contribution in [0.25, 0.3) is 0 Å². The zero-order valence-electron chi connectivity index (χ0n) is 13.2. The monoisotopic (exact) mass is 314 g/mol. The molecule has 2 amide bonds. The van der Waals surface area contributed by atoms with Gasteiger partial charge in [-0.3, -0.25) is 10.00 Å². The van der Waals surface area contributed by atoms with Crippen LogP contribution in [0.4, 0.5) is 10.6 Å². The molecule has 0 bridgehead atoms. The summed E-state index contributed by atoms with van der Waals surface area (Å²) in [5.74, 6) is 0.738. The molecule has 2 heterocycles. The van der Waals surface area contributed by atoms with Crippen molar-refractivity contribution >= 4 is 11.8 Å². The number of nitrogens with one attached hydrogen (secondary N) is 1. The van der Waals surface area contributed by atoms with Crippen LogP contribution in [0.15, 0.2) is 42.6 Å². The number of anilines is 1. The lowest BCUT2D eigenvalue weighted by molar-refractivity contribution is 0.208. The van der Waals surface area contributed by atoms with Crippen molar-refractivity contribution in [2.24, 2.45) is 5.92 Å². The Kier molecular flexibility index (Phi) is 4.62. The van der Waals surface area contributed by atoms with E-state index in [0.717, 1.165) is 6.42 Å². The molecule has 6 nitrogen and oxygen atoms in total. The topological polar surface area (TPSA) is 70.4 Å². The molecule has 2 unspecified atom stereocenters. The second-order valence-corrected chi connectivity index (χ2v) is 5.98. The third-order valence-electron chi connectivity index (χ3n) is 4.35. The number of aliphatic hydroxyl groups excluding tert-OH is 1. The molecule has 1 aliphatic heterocycles. The maximum absolute atomic E-state index is 12.2. The lowest BCUT2D eigenvalue weighted by Crippen LogP contribution is -2.33. The third kappa shape index (κ3) is 3.53. The number of urea groups is 1. The fourth-order valence-electron chi connectivity index (χ4n) is 2.86. The van der Waals surface area contributed by atoms with Crippen LogP contribution in [0.2, 0.25) is 0 Å². The van der Waals surface area contributed by atoms with Crippen molar-refractivity contribution < 1.29 is 9.90 Å². The van der Waals surface area contributed by atoms with Gasteiger partial charge in [0.15, 0.2) is 5.82 Å². The van der Waals surface area contributed by atoms with E-state index in [1.54, 1.807) is 11.0 Å². The van der Waals surface area contributed by atoms with Crippen LogP contribution in [-0.4, -0.2) is 45.5 Å². The van der Waals surface area contributed by atoms with E-state index in [4.69, 9.17) is 5.11 Å². The Morgan fingerprint density at radius 1 is 1.39 bits per heavy atom. The molecule has 6 heteroatoms. The van der Waals surface area contributed by atoms with Crippen molar-refractivity contribution in [3.05, 3.63) is 48.2 Å². The molecule has 122 valence electrons. The first kappa shape index (κ1) is 15.6. The number of amides is 2. The summed E-state index contributed by atoms with van der Waals surface area (Å²) in [7, 11) is 0. The van der Waals surface area contributed by atoms with Crippen molar-refractivity contribution in [1.29, 1.82) is 0 Å². The predicted molar refractivity (Wildman–Crippen MR) is 88.3 cm³/mol. The van der Waals surface area contributed by atoms with Crippen LogP contribution in [0.1, 0.15) is 24.9 Å². The Bertz CT molecular complexity index is 656. The highest BCUT2D eigenvalue weighted by molar-refractivity contribution is 5.88. The highest BCUT2D eigenvalue weighted by atomic mass is 16.3. The van der Waals surface area contributed by atoms with Crippen LogP contribution < -0.4 is 5.32 Å². The fraction of sp³-hybridized carbons (Fsp3) is 0.412. The Morgan fingerprint density at radius 2 is 2.17 bits per heavy atom. The molecule has 3 rings (SSSR count). The molecular formula is C17H22N4O2. The zero-order chi connectivity index (χ0) is 16.2. The van der Waals surface area contributed by atoms with E-state index in [1.165, 1.54) is 5.56 Å². The average Bonchev–Trinajstić information content (AvgIpc) is 3.24. The molecule has 2 aromatic rings. The summed E-state index contributed by atoms with van der Waals surface area (Å²) in [5, 5.41) is 16.4. The number of likely N-dealkylation sites (tertiary alicyclic amines) is 1. The van der Waals surface area contributed by atoms with Crippen molar-refractivity contribution in [2.45, 2.75) is 19.4 Å². The van der Waals surface area contributed by atoms with Gasteiger partial charge >= 0.3 is 6.03 Å². The molecule has 1 fully saturated rings. The van der Waals surface area contributed by atoms with E-state index < -0.39 is 0 Å². The van der Waals surface area contributed by atoms with Crippen LogP contribution in [0.3, 0.4) is 0 Å². The second-order valence-electron chi connectivity index (χ2n) is 5.98. The number of hydrogen-bond acceptors (Lipinski definition) is 3. The van der Waals surface area contributed by atoms with Gasteiger partial charge in [0.2, 0.25) is 0 Å². The zero-order valence-corrected chi connectivity index (χ0v) is 13.2. The average molecular weight is 314 g/mol. The number of carbonyl (C=O) groups is 1. The predicted octanol–water partition coefficient (Wildman–Crippen LogP) is 2.34. The molecule has 2 atom stereocenters. The molecule has 0 saturated carbocycles. The minimum atomic E-state index is -0.154. The Hall–Kier alpha value is -2.34. The van der Waals surface area contributed by atoms with Crippen LogP contribution >= 0.6 is 0 Å². The van der Waals surface area contributed by atoms with E-state index >= 15 is 0 Å². The van der Waals surface area contributed by atoms with E-state index in [9.17, 15) is 4.79 Å². The van der Waals surface area contributed by atoms with Gasteiger partial charge in [-0.1, -0.05) is 30.3 Å². The van der Waals surface area contributed by atoms with E-state index in [1.807, 2.05) is 29.1 Å². The summed E-state index contributed by atoms with van der Waals surface area (Å²) in [4.78, 5) is 13.9. The lowest BCUT2D eigenvalue weighted by atomic mass is 10.1.